The molecule has 0 atom stereocenters. The summed E-state index contributed by atoms with van der Waals surface area (Å²) in [6.07, 6.45) is 0. The number of aryl methyl sites for hydroxylation is 1. The van der Waals surface area contributed by atoms with Crippen molar-refractivity contribution < 1.29 is 4.79 Å². The molecule has 6 heteroatoms. The molecule has 1 amide bonds. The molecule has 0 spiro atoms. The number of nitrogens with one attached hydrogen (secondary N) is 3. The molecular weight excluding hydrogens is 266 g/mol. The Balaban J connectivity index is 2.29. The van der Waals surface area contributed by atoms with Gasteiger partial charge in [0.05, 0.1) is 5.75 Å². The molecule has 4 nitrogen and oxygen atoms in total. The van der Waals surface area contributed by atoms with Crippen LogP contribution in [0.3, 0.4) is 0 Å². The fourth-order valence-electron chi connectivity index (χ4n) is 1.23. The summed E-state index contributed by atoms with van der Waals surface area (Å²) < 4.78 is 0. The Morgan fingerprint density at radius 3 is 2.72 bits per heavy atom. The summed E-state index contributed by atoms with van der Waals surface area (Å²) in [6, 6.07) is 7.98. The third-order valence-electron chi connectivity index (χ3n) is 2.11. The van der Waals surface area contributed by atoms with Gasteiger partial charge in [0.2, 0.25) is 5.91 Å². The van der Waals surface area contributed by atoms with Crippen molar-refractivity contribution in [2.24, 2.45) is 0 Å². The Morgan fingerprint density at radius 2 is 2.06 bits per heavy atom. The van der Waals surface area contributed by atoms with E-state index in [0.29, 0.717) is 10.9 Å². The molecule has 0 fully saturated rings. The van der Waals surface area contributed by atoms with Gasteiger partial charge in [-0.25, -0.2) is 0 Å². The second-order valence-corrected chi connectivity index (χ2v) is 5.01. The highest BCUT2D eigenvalue weighted by Crippen LogP contribution is 2.21. The number of carbonyl (C=O) groups excluding carboxylic acids is 1. The van der Waals surface area contributed by atoms with E-state index in [4.69, 9.17) is 12.2 Å². The second kappa shape index (κ2) is 7.94. The van der Waals surface area contributed by atoms with Crippen LogP contribution in [0.15, 0.2) is 29.2 Å². The van der Waals surface area contributed by atoms with E-state index in [1.165, 1.54) is 17.3 Å². The van der Waals surface area contributed by atoms with Crippen LogP contribution >= 0.6 is 24.0 Å². The van der Waals surface area contributed by atoms with Crippen LogP contribution in [0.4, 0.5) is 0 Å². The topological polar surface area (TPSA) is 53.2 Å². The Hall–Kier alpha value is -1.27. The molecule has 0 aromatic heterocycles. The molecule has 18 heavy (non-hydrogen) atoms. The van der Waals surface area contributed by atoms with E-state index in [1.807, 2.05) is 38.1 Å². The highest BCUT2D eigenvalue weighted by molar-refractivity contribution is 8.00. The molecule has 0 radical (unpaired) electrons. The third-order valence-corrected chi connectivity index (χ3v) is 3.53. The van der Waals surface area contributed by atoms with E-state index < -0.39 is 0 Å². The van der Waals surface area contributed by atoms with Crippen molar-refractivity contribution in [3.63, 3.8) is 0 Å². The maximum atomic E-state index is 11.6. The van der Waals surface area contributed by atoms with Gasteiger partial charge >= 0.3 is 0 Å². The first-order valence-electron chi connectivity index (χ1n) is 5.64. The molecule has 0 unspecified atom stereocenters. The number of hydrogen-bond donors (Lipinski definition) is 3. The van der Waals surface area contributed by atoms with Crippen molar-refractivity contribution in [3.05, 3.63) is 29.8 Å². The Bertz CT molecular complexity index is 424. The highest BCUT2D eigenvalue weighted by atomic mass is 32.2. The van der Waals surface area contributed by atoms with Crippen LogP contribution in [0.2, 0.25) is 0 Å². The van der Waals surface area contributed by atoms with Gasteiger partial charge in [0, 0.05) is 11.4 Å². The van der Waals surface area contributed by atoms with Crippen LogP contribution in [0.5, 0.6) is 0 Å². The van der Waals surface area contributed by atoms with Crippen LogP contribution < -0.4 is 16.2 Å². The zero-order valence-electron chi connectivity index (χ0n) is 10.4. The van der Waals surface area contributed by atoms with Gasteiger partial charge < -0.3 is 5.32 Å². The largest absolute Gasteiger partial charge is 0.362 e. The molecular formula is C12H17N3OS2. The average Bonchev–Trinajstić information content (AvgIpc) is 2.36. The minimum absolute atomic E-state index is 0.108. The number of hydrogen-bond acceptors (Lipinski definition) is 3. The van der Waals surface area contributed by atoms with Crippen molar-refractivity contribution in [3.8, 4) is 0 Å². The first kappa shape index (κ1) is 14.8. The number of benzene rings is 1. The lowest BCUT2D eigenvalue weighted by Crippen LogP contribution is -2.47. The van der Waals surface area contributed by atoms with Gasteiger partial charge in [0.15, 0.2) is 5.11 Å². The molecule has 98 valence electrons. The fourth-order valence-corrected chi connectivity index (χ4v) is 2.25. The zero-order chi connectivity index (χ0) is 13.4. The van der Waals surface area contributed by atoms with Crippen molar-refractivity contribution in [1.29, 1.82) is 0 Å². The number of thiocarbonyl (C=S) groups is 1. The Morgan fingerprint density at radius 1 is 1.33 bits per heavy atom. The molecule has 1 aromatic carbocycles. The predicted molar refractivity (Wildman–Crippen MR) is 79.5 cm³/mol. The summed E-state index contributed by atoms with van der Waals surface area (Å²) in [6.45, 7) is 4.68. The molecule has 0 saturated heterocycles. The molecule has 0 saturated carbocycles. The molecule has 3 N–H and O–H groups in total. The molecule has 0 aliphatic rings. The van der Waals surface area contributed by atoms with Gasteiger partial charge in [-0.15, -0.1) is 11.8 Å². The van der Waals surface area contributed by atoms with E-state index >= 15 is 0 Å². The smallest absolute Gasteiger partial charge is 0.248 e. The normalized spacial score (nSPS) is 9.67. The molecule has 0 aliphatic heterocycles. The molecule has 0 heterocycles. The summed E-state index contributed by atoms with van der Waals surface area (Å²) in [5, 5.41) is 3.31. The number of carbonyl (C=O) groups is 1. The van der Waals surface area contributed by atoms with E-state index in [-0.39, 0.29) is 5.91 Å². The SMILES string of the molecule is CCNC(=S)NNC(=O)CSc1ccccc1C. The van der Waals surface area contributed by atoms with Gasteiger partial charge in [-0.2, -0.15) is 0 Å². The number of hydrazine groups is 1. The Kier molecular flexibility index (Phi) is 6.53. The van der Waals surface area contributed by atoms with Gasteiger partial charge in [0.1, 0.15) is 0 Å². The lowest BCUT2D eigenvalue weighted by molar-refractivity contribution is -0.119. The van der Waals surface area contributed by atoms with Crippen LogP contribution in [0, 0.1) is 6.92 Å². The van der Waals surface area contributed by atoms with Gasteiger partial charge in [-0.05, 0) is 37.7 Å². The van der Waals surface area contributed by atoms with E-state index in [0.717, 1.165) is 11.4 Å². The van der Waals surface area contributed by atoms with Gasteiger partial charge in [0.25, 0.3) is 0 Å². The monoisotopic (exact) mass is 283 g/mol. The average molecular weight is 283 g/mol. The Labute approximate surface area is 117 Å². The summed E-state index contributed by atoms with van der Waals surface area (Å²) in [7, 11) is 0. The molecule has 1 rings (SSSR count). The molecule has 1 aromatic rings. The summed E-state index contributed by atoms with van der Waals surface area (Å²) in [4.78, 5) is 12.7. The number of amides is 1. The van der Waals surface area contributed by atoms with Crippen LogP contribution in [-0.2, 0) is 4.79 Å². The lowest BCUT2D eigenvalue weighted by atomic mass is 10.2. The lowest BCUT2D eigenvalue weighted by Gasteiger charge is -2.10. The molecule has 0 aliphatic carbocycles. The fraction of sp³-hybridized carbons (Fsp3) is 0.333. The van der Waals surface area contributed by atoms with Gasteiger partial charge in [-0.1, -0.05) is 18.2 Å². The van der Waals surface area contributed by atoms with E-state index in [2.05, 4.69) is 16.2 Å². The first-order valence-corrected chi connectivity index (χ1v) is 7.04. The summed E-state index contributed by atoms with van der Waals surface area (Å²) >= 11 is 6.43. The quantitative estimate of drug-likeness (QED) is 0.445. The summed E-state index contributed by atoms with van der Waals surface area (Å²) in [5.74, 6) is 0.246. The van der Waals surface area contributed by atoms with E-state index in [9.17, 15) is 4.79 Å². The first-order chi connectivity index (χ1) is 8.63. The number of thioether (sulfide) groups is 1. The van der Waals surface area contributed by atoms with Crippen molar-refractivity contribution in [2.45, 2.75) is 18.7 Å². The summed E-state index contributed by atoms with van der Waals surface area (Å²) in [5.41, 5.74) is 6.36. The maximum absolute atomic E-state index is 11.6. The minimum Gasteiger partial charge on any atom is -0.362 e. The van der Waals surface area contributed by atoms with Crippen LogP contribution in [0.1, 0.15) is 12.5 Å². The highest BCUT2D eigenvalue weighted by Gasteiger charge is 2.04. The van der Waals surface area contributed by atoms with Crippen molar-refractivity contribution in [1.82, 2.24) is 16.2 Å². The minimum atomic E-state index is -0.108. The third kappa shape index (κ3) is 5.37. The predicted octanol–water partition coefficient (Wildman–Crippen LogP) is 1.60. The molecule has 0 bridgehead atoms. The number of rotatable bonds is 4. The van der Waals surface area contributed by atoms with Crippen LogP contribution in [-0.4, -0.2) is 23.3 Å². The maximum Gasteiger partial charge on any atom is 0.248 e. The zero-order valence-corrected chi connectivity index (χ0v) is 12.1. The van der Waals surface area contributed by atoms with Crippen molar-refractivity contribution in [2.75, 3.05) is 12.3 Å². The van der Waals surface area contributed by atoms with Gasteiger partial charge in [-0.3, -0.25) is 15.6 Å². The van der Waals surface area contributed by atoms with E-state index in [1.54, 1.807) is 0 Å². The van der Waals surface area contributed by atoms with Crippen molar-refractivity contribution >= 4 is 35.0 Å². The standard InChI is InChI=1S/C12H17N3OS2/c1-3-13-12(17)15-14-11(16)8-18-10-7-5-4-6-9(10)2/h4-7H,3,8H2,1-2H3,(H,14,16)(H2,13,15,17). The van der Waals surface area contributed by atoms with Crippen LogP contribution in [0.25, 0.3) is 0 Å². The second-order valence-electron chi connectivity index (χ2n) is 3.59.